The molecule has 5 heteroatoms. The van der Waals surface area contributed by atoms with Gasteiger partial charge in [0.2, 0.25) is 11.8 Å². The van der Waals surface area contributed by atoms with Crippen molar-refractivity contribution < 1.29 is 9.59 Å². The van der Waals surface area contributed by atoms with Crippen molar-refractivity contribution in [3.05, 3.63) is 35.4 Å². The molecule has 1 aromatic carbocycles. The Morgan fingerprint density at radius 3 is 2.33 bits per heavy atom. The molecule has 2 N–H and O–H groups in total. The van der Waals surface area contributed by atoms with Crippen LogP contribution in [0.2, 0.25) is 0 Å². The molecule has 0 heterocycles. The highest BCUT2D eigenvalue weighted by Crippen LogP contribution is 2.05. The van der Waals surface area contributed by atoms with Crippen molar-refractivity contribution in [1.82, 2.24) is 10.6 Å². The van der Waals surface area contributed by atoms with E-state index in [1.54, 1.807) is 6.07 Å². The molecular weight excluding hydrogens is 266 g/mol. The lowest BCUT2D eigenvalue weighted by Gasteiger charge is -2.06. The van der Waals surface area contributed by atoms with Crippen LogP contribution < -0.4 is 10.6 Å². The predicted molar refractivity (Wildman–Crippen MR) is 80.4 cm³/mol. The van der Waals surface area contributed by atoms with Crippen molar-refractivity contribution in [1.29, 1.82) is 5.26 Å². The normalized spacial score (nSPS) is 9.71. The van der Waals surface area contributed by atoms with Gasteiger partial charge in [-0.15, -0.1) is 0 Å². The Bertz CT molecular complexity index is 503. The number of nitrogens with one attached hydrogen (secondary N) is 2. The largest absolute Gasteiger partial charge is 0.356 e. The van der Waals surface area contributed by atoms with Crippen LogP contribution in [-0.2, 0) is 16.0 Å². The summed E-state index contributed by atoms with van der Waals surface area (Å²) in [6.07, 6.45) is 1.73. The van der Waals surface area contributed by atoms with Gasteiger partial charge in [0, 0.05) is 19.5 Å². The van der Waals surface area contributed by atoms with Gasteiger partial charge in [0.05, 0.1) is 6.07 Å². The van der Waals surface area contributed by atoms with Gasteiger partial charge >= 0.3 is 0 Å². The fourth-order valence-corrected chi connectivity index (χ4v) is 1.78. The highest BCUT2D eigenvalue weighted by molar-refractivity contribution is 5.78. The van der Waals surface area contributed by atoms with Crippen LogP contribution in [0.3, 0.4) is 0 Å². The summed E-state index contributed by atoms with van der Waals surface area (Å²) in [6.45, 7) is 3.03. The lowest BCUT2D eigenvalue weighted by Crippen LogP contribution is -2.29. The molecule has 0 unspecified atom stereocenters. The molecule has 1 rings (SSSR count). The average molecular weight is 287 g/mol. The van der Waals surface area contributed by atoms with Crippen molar-refractivity contribution in [3.63, 3.8) is 0 Å². The summed E-state index contributed by atoms with van der Waals surface area (Å²) in [4.78, 5) is 22.6. The molecule has 112 valence electrons. The zero-order valence-corrected chi connectivity index (χ0v) is 12.3. The van der Waals surface area contributed by atoms with Crippen LogP contribution in [0, 0.1) is 18.3 Å². The molecular formula is C16H21N3O2. The van der Waals surface area contributed by atoms with Gasteiger partial charge in [-0.1, -0.05) is 29.8 Å². The molecule has 5 nitrogen and oxygen atoms in total. The molecule has 0 radical (unpaired) electrons. The molecule has 0 aliphatic heterocycles. The monoisotopic (exact) mass is 287 g/mol. The molecule has 2 amide bonds. The van der Waals surface area contributed by atoms with E-state index in [0.717, 1.165) is 12.0 Å². The highest BCUT2D eigenvalue weighted by Gasteiger charge is 2.02. The zero-order valence-electron chi connectivity index (χ0n) is 12.3. The number of rotatable bonds is 8. The number of hydrogen-bond donors (Lipinski definition) is 2. The summed E-state index contributed by atoms with van der Waals surface area (Å²) >= 11 is 0. The van der Waals surface area contributed by atoms with Crippen LogP contribution >= 0.6 is 0 Å². The standard InChI is InChI=1S/C16H21N3O2/c1-13-3-5-14(6-4-13)7-8-15(20)18-11-2-12-19-16(21)9-10-17/h3-6H,2,7-9,11-12H2,1H3,(H,18,20)(H,19,21). The summed E-state index contributed by atoms with van der Waals surface area (Å²) in [6, 6.07) is 9.93. The summed E-state index contributed by atoms with van der Waals surface area (Å²) in [5.74, 6) is -0.262. The van der Waals surface area contributed by atoms with E-state index in [1.165, 1.54) is 5.56 Å². The first kappa shape index (κ1) is 16.7. The minimum atomic E-state index is -0.275. The van der Waals surface area contributed by atoms with Gasteiger partial charge in [-0.25, -0.2) is 0 Å². The predicted octanol–water partition coefficient (Wildman–Crippen LogP) is 1.46. The molecule has 0 atom stereocenters. The fraction of sp³-hybridized carbons (Fsp3) is 0.438. The van der Waals surface area contributed by atoms with E-state index in [4.69, 9.17) is 5.26 Å². The Morgan fingerprint density at radius 2 is 1.71 bits per heavy atom. The summed E-state index contributed by atoms with van der Waals surface area (Å²) in [5.41, 5.74) is 2.36. The van der Waals surface area contributed by atoms with Gasteiger partial charge in [0.15, 0.2) is 0 Å². The Morgan fingerprint density at radius 1 is 1.10 bits per heavy atom. The minimum absolute atomic E-state index is 0.0129. The third-order valence-electron chi connectivity index (χ3n) is 3.00. The molecule has 0 aliphatic rings. The quantitative estimate of drug-likeness (QED) is 0.710. The number of benzene rings is 1. The summed E-state index contributed by atoms with van der Waals surface area (Å²) in [7, 11) is 0. The van der Waals surface area contributed by atoms with Crippen LogP contribution in [-0.4, -0.2) is 24.9 Å². The number of nitrogens with zero attached hydrogens (tertiary/aromatic N) is 1. The van der Waals surface area contributed by atoms with Gasteiger partial charge in [0.25, 0.3) is 0 Å². The second kappa shape index (κ2) is 9.54. The SMILES string of the molecule is Cc1ccc(CCC(=O)NCCCNC(=O)CC#N)cc1. The van der Waals surface area contributed by atoms with Crippen molar-refractivity contribution in [2.24, 2.45) is 0 Å². The van der Waals surface area contributed by atoms with Gasteiger partial charge in [-0.2, -0.15) is 5.26 Å². The van der Waals surface area contributed by atoms with Crippen molar-refractivity contribution in [3.8, 4) is 6.07 Å². The minimum Gasteiger partial charge on any atom is -0.356 e. The van der Waals surface area contributed by atoms with E-state index < -0.39 is 0 Å². The first-order chi connectivity index (χ1) is 10.1. The topological polar surface area (TPSA) is 82.0 Å². The van der Waals surface area contributed by atoms with Crippen molar-refractivity contribution in [2.75, 3.05) is 13.1 Å². The first-order valence-corrected chi connectivity index (χ1v) is 7.07. The Hall–Kier alpha value is -2.35. The highest BCUT2D eigenvalue weighted by atomic mass is 16.2. The lowest BCUT2D eigenvalue weighted by molar-refractivity contribution is -0.121. The Labute approximate surface area is 125 Å². The van der Waals surface area contributed by atoms with E-state index in [0.29, 0.717) is 25.9 Å². The molecule has 0 saturated carbocycles. The smallest absolute Gasteiger partial charge is 0.234 e. The molecule has 0 fully saturated rings. The second-order valence-electron chi connectivity index (χ2n) is 4.87. The number of carbonyl (C=O) groups excluding carboxylic acids is 2. The lowest BCUT2D eigenvalue weighted by atomic mass is 10.1. The number of hydrogen-bond acceptors (Lipinski definition) is 3. The van der Waals surface area contributed by atoms with Crippen LogP contribution in [0.25, 0.3) is 0 Å². The third kappa shape index (κ3) is 7.73. The Balaban J connectivity index is 2.08. The van der Waals surface area contributed by atoms with E-state index >= 15 is 0 Å². The molecule has 1 aromatic rings. The van der Waals surface area contributed by atoms with Gasteiger partial charge in [-0.3, -0.25) is 9.59 Å². The number of carbonyl (C=O) groups is 2. The fourth-order valence-electron chi connectivity index (χ4n) is 1.78. The van der Waals surface area contributed by atoms with E-state index in [9.17, 15) is 9.59 Å². The van der Waals surface area contributed by atoms with Crippen LogP contribution in [0.1, 0.15) is 30.4 Å². The molecule has 21 heavy (non-hydrogen) atoms. The van der Waals surface area contributed by atoms with E-state index in [-0.39, 0.29) is 18.2 Å². The molecule has 0 aliphatic carbocycles. The first-order valence-electron chi connectivity index (χ1n) is 7.07. The van der Waals surface area contributed by atoms with Crippen LogP contribution in [0.15, 0.2) is 24.3 Å². The maximum atomic E-state index is 11.6. The van der Waals surface area contributed by atoms with Crippen molar-refractivity contribution >= 4 is 11.8 Å². The number of nitriles is 1. The van der Waals surface area contributed by atoms with Crippen LogP contribution in [0.4, 0.5) is 0 Å². The van der Waals surface area contributed by atoms with Gasteiger partial charge in [0.1, 0.15) is 6.42 Å². The summed E-state index contributed by atoms with van der Waals surface area (Å²) in [5, 5.41) is 13.7. The van der Waals surface area contributed by atoms with E-state index in [2.05, 4.69) is 10.6 Å². The van der Waals surface area contributed by atoms with Crippen LogP contribution in [0.5, 0.6) is 0 Å². The average Bonchev–Trinajstić information content (AvgIpc) is 2.46. The zero-order chi connectivity index (χ0) is 15.5. The molecule has 0 aromatic heterocycles. The van der Waals surface area contributed by atoms with Gasteiger partial charge in [-0.05, 0) is 25.3 Å². The third-order valence-corrected chi connectivity index (χ3v) is 3.00. The van der Waals surface area contributed by atoms with E-state index in [1.807, 2.05) is 31.2 Å². The molecule has 0 saturated heterocycles. The van der Waals surface area contributed by atoms with Gasteiger partial charge < -0.3 is 10.6 Å². The number of aryl methyl sites for hydroxylation is 2. The Kier molecular flexibility index (Phi) is 7.59. The number of amides is 2. The second-order valence-corrected chi connectivity index (χ2v) is 4.87. The van der Waals surface area contributed by atoms with Crippen molar-refractivity contribution in [2.45, 2.75) is 32.6 Å². The maximum Gasteiger partial charge on any atom is 0.234 e. The maximum absolute atomic E-state index is 11.6. The molecule has 0 bridgehead atoms. The summed E-state index contributed by atoms with van der Waals surface area (Å²) < 4.78 is 0. The molecule has 0 spiro atoms.